The lowest BCUT2D eigenvalue weighted by Crippen LogP contribution is -2.29. The van der Waals surface area contributed by atoms with Crippen molar-refractivity contribution in [2.45, 2.75) is 13.5 Å². The van der Waals surface area contributed by atoms with Crippen LogP contribution in [-0.4, -0.2) is 29.4 Å². The standard InChI is InChI=1S/C16H19N3O/c1-13-5-7-15(8-6-13)18-16(20)12-19(2)11-14-4-3-9-17-10-14/h3-10H,11-12H2,1-2H3,(H,18,20). The van der Waals surface area contributed by atoms with E-state index in [0.717, 1.165) is 11.3 Å². The zero-order chi connectivity index (χ0) is 14.4. The summed E-state index contributed by atoms with van der Waals surface area (Å²) in [6.07, 6.45) is 3.56. The molecule has 4 nitrogen and oxygen atoms in total. The number of carbonyl (C=O) groups is 1. The molecule has 0 unspecified atom stereocenters. The topological polar surface area (TPSA) is 45.2 Å². The fourth-order valence-electron chi connectivity index (χ4n) is 1.94. The van der Waals surface area contributed by atoms with Crippen LogP contribution in [0.2, 0.25) is 0 Å². The quantitative estimate of drug-likeness (QED) is 0.907. The molecule has 0 aliphatic rings. The Balaban J connectivity index is 1.83. The minimum absolute atomic E-state index is 0.0137. The third kappa shape index (κ3) is 4.48. The molecule has 0 aliphatic heterocycles. The summed E-state index contributed by atoms with van der Waals surface area (Å²) >= 11 is 0. The molecule has 2 rings (SSSR count). The molecule has 1 aromatic heterocycles. The molecule has 0 saturated carbocycles. The summed E-state index contributed by atoms with van der Waals surface area (Å²) in [5, 5.41) is 2.89. The van der Waals surface area contributed by atoms with Crippen LogP contribution in [-0.2, 0) is 11.3 Å². The van der Waals surface area contributed by atoms with Crippen LogP contribution in [0.4, 0.5) is 5.69 Å². The van der Waals surface area contributed by atoms with Gasteiger partial charge in [-0.2, -0.15) is 0 Å². The van der Waals surface area contributed by atoms with Gasteiger partial charge in [-0.3, -0.25) is 14.7 Å². The minimum Gasteiger partial charge on any atom is -0.325 e. The predicted octanol–water partition coefficient (Wildman–Crippen LogP) is 2.46. The Labute approximate surface area is 119 Å². The second-order valence-corrected chi connectivity index (χ2v) is 4.95. The van der Waals surface area contributed by atoms with Gasteiger partial charge in [0, 0.05) is 24.6 Å². The van der Waals surface area contributed by atoms with Crippen LogP contribution in [0.5, 0.6) is 0 Å². The first kappa shape index (κ1) is 14.2. The van der Waals surface area contributed by atoms with Gasteiger partial charge in [0.15, 0.2) is 0 Å². The maximum atomic E-state index is 11.9. The van der Waals surface area contributed by atoms with E-state index in [2.05, 4.69) is 10.3 Å². The normalized spacial score (nSPS) is 10.6. The lowest BCUT2D eigenvalue weighted by molar-refractivity contribution is -0.117. The Morgan fingerprint density at radius 3 is 2.65 bits per heavy atom. The van der Waals surface area contributed by atoms with Crippen LogP contribution < -0.4 is 5.32 Å². The SMILES string of the molecule is Cc1ccc(NC(=O)CN(C)Cc2cccnc2)cc1. The van der Waals surface area contributed by atoms with Crippen molar-refractivity contribution in [3.8, 4) is 0 Å². The molecule has 0 aliphatic carbocycles. The van der Waals surface area contributed by atoms with Gasteiger partial charge in [-0.05, 0) is 37.7 Å². The van der Waals surface area contributed by atoms with Gasteiger partial charge in [0.1, 0.15) is 0 Å². The molecule has 0 fully saturated rings. The summed E-state index contributed by atoms with van der Waals surface area (Å²) < 4.78 is 0. The van der Waals surface area contributed by atoms with E-state index in [1.807, 2.05) is 61.5 Å². The van der Waals surface area contributed by atoms with Gasteiger partial charge in [-0.15, -0.1) is 0 Å². The largest absolute Gasteiger partial charge is 0.325 e. The number of anilines is 1. The number of nitrogens with zero attached hydrogens (tertiary/aromatic N) is 2. The Morgan fingerprint density at radius 2 is 2.00 bits per heavy atom. The van der Waals surface area contributed by atoms with Gasteiger partial charge in [0.2, 0.25) is 5.91 Å². The molecule has 0 saturated heterocycles. The number of pyridine rings is 1. The number of amides is 1. The zero-order valence-electron chi connectivity index (χ0n) is 11.8. The first-order valence-corrected chi connectivity index (χ1v) is 6.57. The van der Waals surface area contributed by atoms with E-state index in [1.165, 1.54) is 5.56 Å². The smallest absolute Gasteiger partial charge is 0.238 e. The van der Waals surface area contributed by atoms with Gasteiger partial charge in [0.05, 0.1) is 6.54 Å². The average Bonchev–Trinajstić information content (AvgIpc) is 2.42. The number of carbonyl (C=O) groups excluding carboxylic acids is 1. The minimum atomic E-state index is -0.0137. The molecule has 0 radical (unpaired) electrons. The summed E-state index contributed by atoms with van der Waals surface area (Å²) in [5.41, 5.74) is 3.10. The highest BCUT2D eigenvalue weighted by molar-refractivity contribution is 5.92. The Morgan fingerprint density at radius 1 is 1.25 bits per heavy atom. The van der Waals surface area contributed by atoms with Crippen molar-refractivity contribution in [3.63, 3.8) is 0 Å². The van der Waals surface area contributed by atoms with Crippen LogP contribution in [0, 0.1) is 6.92 Å². The van der Waals surface area contributed by atoms with E-state index >= 15 is 0 Å². The van der Waals surface area contributed by atoms with Crippen molar-refractivity contribution in [2.75, 3.05) is 18.9 Å². The van der Waals surface area contributed by atoms with E-state index in [4.69, 9.17) is 0 Å². The summed E-state index contributed by atoms with van der Waals surface area (Å²) in [4.78, 5) is 18.0. The highest BCUT2D eigenvalue weighted by Gasteiger charge is 2.07. The van der Waals surface area contributed by atoms with Crippen LogP contribution in [0.3, 0.4) is 0 Å². The van der Waals surface area contributed by atoms with E-state index in [-0.39, 0.29) is 5.91 Å². The highest BCUT2D eigenvalue weighted by Crippen LogP contribution is 2.08. The monoisotopic (exact) mass is 269 g/mol. The lowest BCUT2D eigenvalue weighted by atomic mass is 10.2. The van der Waals surface area contributed by atoms with Crippen molar-refractivity contribution < 1.29 is 4.79 Å². The van der Waals surface area contributed by atoms with Crippen LogP contribution in [0.25, 0.3) is 0 Å². The lowest BCUT2D eigenvalue weighted by Gasteiger charge is -2.16. The molecule has 1 amide bonds. The van der Waals surface area contributed by atoms with E-state index < -0.39 is 0 Å². The van der Waals surface area contributed by atoms with Gasteiger partial charge >= 0.3 is 0 Å². The average molecular weight is 269 g/mol. The van der Waals surface area contributed by atoms with E-state index in [0.29, 0.717) is 13.1 Å². The third-order valence-corrected chi connectivity index (χ3v) is 2.92. The van der Waals surface area contributed by atoms with Crippen LogP contribution in [0.15, 0.2) is 48.8 Å². The molecule has 0 bridgehead atoms. The van der Waals surface area contributed by atoms with Crippen molar-refractivity contribution >= 4 is 11.6 Å². The summed E-state index contributed by atoms with van der Waals surface area (Å²) in [6, 6.07) is 11.7. The molecule has 1 aromatic carbocycles. The number of hydrogen-bond acceptors (Lipinski definition) is 3. The molecule has 4 heteroatoms. The first-order valence-electron chi connectivity index (χ1n) is 6.57. The first-order chi connectivity index (χ1) is 9.63. The van der Waals surface area contributed by atoms with Crippen molar-refractivity contribution in [3.05, 3.63) is 59.9 Å². The third-order valence-electron chi connectivity index (χ3n) is 2.92. The predicted molar refractivity (Wildman–Crippen MR) is 80.4 cm³/mol. The zero-order valence-corrected chi connectivity index (χ0v) is 11.8. The molecule has 2 aromatic rings. The molecule has 104 valence electrons. The van der Waals surface area contributed by atoms with Gasteiger partial charge in [0.25, 0.3) is 0 Å². The second-order valence-electron chi connectivity index (χ2n) is 4.95. The molecule has 0 atom stereocenters. The Bertz CT molecular complexity index is 552. The maximum absolute atomic E-state index is 11.9. The van der Waals surface area contributed by atoms with E-state index in [1.54, 1.807) is 6.20 Å². The molecule has 1 heterocycles. The van der Waals surface area contributed by atoms with Crippen molar-refractivity contribution in [2.24, 2.45) is 0 Å². The second kappa shape index (κ2) is 6.82. The Kier molecular flexibility index (Phi) is 4.85. The van der Waals surface area contributed by atoms with Crippen LogP contribution >= 0.6 is 0 Å². The fraction of sp³-hybridized carbons (Fsp3) is 0.250. The Hall–Kier alpha value is -2.20. The molecular weight excluding hydrogens is 250 g/mol. The highest BCUT2D eigenvalue weighted by atomic mass is 16.2. The number of nitrogens with one attached hydrogen (secondary N) is 1. The number of aromatic nitrogens is 1. The number of rotatable bonds is 5. The number of aryl methyl sites for hydroxylation is 1. The number of likely N-dealkylation sites (N-methyl/N-ethyl adjacent to an activating group) is 1. The van der Waals surface area contributed by atoms with Gasteiger partial charge in [-0.25, -0.2) is 0 Å². The molecule has 0 spiro atoms. The summed E-state index contributed by atoms with van der Waals surface area (Å²) in [6.45, 7) is 3.07. The van der Waals surface area contributed by atoms with Crippen LogP contribution in [0.1, 0.15) is 11.1 Å². The van der Waals surface area contributed by atoms with Crippen molar-refractivity contribution in [1.82, 2.24) is 9.88 Å². The van der Waals surface area contributed by atoms with E-state index in [9.17, 15) is 4.79 Å². The van der Waals surface area contributed by atoms with Crippen molar-refractivity contribution in [1.29, 1.82) is 0 Å². The maximum Gasteiger partial charge on any atom is 0.238 e. The van der Waals surface area contributed by atoms with Gasteiger partial charge < -0.3 is 5.32 Å². The molecule has 20 heavy (non-hydrogen) atoms. The fourth-order valence-corrected chi connectivity index (χ4v) is 1.94. The molecular formula is C16H19N3O. The summed E-state index contributed by atoms with van der Waals surface area (Å²) in [5.74, 6) is -0.0137. The number of hydrogen-bond donors (Lipinski definition) is 1. The van der Waals surface area contributed by atoms with Gasteiger partial charge in [-0.1, -0.05) is 23.8 Å². The number of benzene rings is 1. The summed E-state index contributed by atoms with van der Waals surface area (Å²) in [7, 11) is 1.92. The molecule has 1 N–H and O–H groups in total.